The Bertz CT molecular complexity index is 887. The minimum atomic E-state index is 0.0606. The average molecular weight is 384 g/mol. The number of halogens is 1. The lowest BCUT2D eigenvalue weighted by molar-refractivity contribution is 0.0747. The number of aromatic nitrogens is 1. The van der Waals surface area contributed by atoms with Gasteiger partial charge in [0.1, 0.15) is 0 Å². The van der Waals surface area contributed by atoms with E-state index in [1.807, 2.05) is 23.1 Å². The number of hydrogen-bond acceptors (Lipinski definition) is 4. The molecule has 0 spiro atoms. The van der Waals surface area contributed by atoms with Crippen molar-refractivity contribution in [1.82, 2.24) is 9.88 Å². The molecule has 1 amide bonds. The van der Waals surface area contributed by atoms with Gasteiger partial charge in [-0.15, -0.1) is 11.3 Å². The highest BCUT2D eigenvalue weighted by atomic mass is 35.5. The van der Waals surface area contributed by atoms with Crippen molar-refractivity contribution in [2.45, 2.75) is 0 Å². The maximum atomic E-state index is 12.6. The number of thiazole rings is 1. The number of nitrogens with zero attached hydrogens (tertiary/aromatic N) is 3. The van der Waals surface area contributed by atoms with E-state index in [9.17, 15) is 4.79 Å². The molecule has 3 aromatic rings. The Labute approximate surface area is 161 Å². The average Bonchev–Trinajstić information content (AvgIpc) is 3.19. The minimum Gasteiger partial charge on any atom is -0.345 e. The quantitative estimate of drug-likeness (QED) is 0.671. The van der Waals surface area contributed by atoms with Crippen molar-refractivity contribution in [3.05, 3.63) is 70.6 Å². The summed E-state index contributed by atoms with van der Waals surface area (Å²) >= 11 is 7.55. The predicted octanol–water partition coefficient (Wildman–Crippen LogP) is 4.43. The fourth-order valence-corrected chi connectivity index (χ4v) is 4.04. The Hall–Kier alpha value is -2.37. The Kier molecular flexibility index (Phi) is 4.91. The van der Waals surface area contributed by atoms with Gasteiger partial charge >= 0.3 is 0 Å². The normalized spacial score (nSPS) is 14.5. The molecule has 0 N–H and O–H groups in total. The summed E-state index contributed by atoms with van der Waals surface area (Å²) in [5.74, 6) is 0.0606. The van der Waals surface area contributed by atoms with Crippen LogP contribution in [0, 0.1) is 0 Å². The summed E-state index contributed by atoms with van der Waals surface area (Å²) in [6.07, 6.45) is 0. The zero-order valence-electron chi connectivity index (χ0n) is 14.1. The molecule has 4 nitrogen and oxygen atoms in total. The second-order valence-corrected chi connectivity index (χ2v) is 7.44. The van der Waals surface area contributed by atoms with Gasteiger partial charge in [-0.25, -0.2) is 4.98 Å². The van der Waals surface area contributed by atoms with E-state index in [1.54, 1.807) is 35.6 Å². The predicted molar refractivity (Wildman–Crippen MR) is 107 cm³/mol. The number of benzene rings is 2. The van der Waals surface area contributed by atoms with Gasteiger partial charge in [-0.3, -0.25) is 4.79 Å². The molecule has 0 unspecified atom stereocenters. The van der Waals surface area contributed by atoms with E-state index in [2.05, 4.69) is 22.4 Å². The van der Waals surface area contributed by atoms with Crippen molar-refractivity contribution >= 4 is 34.0 Å². The molecule has 4 rings (SSSR count). The molecule has 1 fully saturated rings. The highest BCUT2D eigenvalue weighted by Crippen LogP contribution is 2.28. The third-order valence-electron chi connectivity index (χ3n) is 4.49. The van der Waals surface area contributed by atoms with Crippen LogP contribution in [0.4, 0.5) is 5.13 Å². The molecule has 2 aromatic carbocycles. The smallest absolute Gasteiger partial charge is 0.253 e. The number of piperazine rings is 1. The van der Waals surface area contributed by atoms with Crippen LogP contribution in [0.3, 0.4) is 0 Å². The fraction of sp³-hybridized carbons (Fsp3) is 0.200. The highest BCUT2D eigenvalue weighted by molar-refractivity contribution is 7.14. The van der Waals surface area contributed by atoms with Gasteiger partial charge in [0.15, 0.2) is 5.13 Å². The second-order valence-electron chi connectivity index (χ2n) is 6.17. The first-order chi connectivity index (χ1) is 12.7. The summed E-state index contributed by atoms with van der Waals surface area (Å²) in [6, 6.07) is 17.3. The monoisotopic (exact) mass is 383 g/mol. The van der Waals surface area contributed by atoms with E-state index in [4.69, 9.17) is 16.6 Å². The second kappa shape index (κ2) is 7.48. The van der Waals surface area contributed by atoms with Gasteiger partial charge in [-0.1, -0.05) is 41.9 Å². The van der Waals surface area contributed by atoms with Crippen molar-refractivity contribution in [3.63, 3.8) is 0 Å². The van der Waals surface area contributed by atoms with Gasteiger partial charge in [-0.05, 0) is 24.3 Å². The molecule has 1 aromatic heterocycles. The zero-order chi connectivity index (χ0) is 17.9. The molecular weight excluding hydrogens is 366 g/mol. The van der Waals surface area contributed by atoms with Crippen LogP contribution in [0.1, 0.15) is 10.4 Å². The topological polar surface area (TPSA) is 36.4 Å². The van der Waals surface area contributed by atoms with Crippen LogP contribution in [0.25, 0.3) is 11.3 Å². The highest BCUT2D eigenvalue weighted by Gasteiger charge is 2.23. The molecule has 1 aliphatic rings. The van der Waals surface area contributed by atoms with Crippen LogP contribution in [0.15, 0.2) is 60.0 Å². The van der Waals surface area contributed by atoms with Crippen LogP contribution in [0.5, 0.6) is 0 Å². The maximum Gasteiger partial charge on any atom is 0.253 e. The van der Waals surface area contributed by atoms with Crippen molar-refractivity contribution < 1.29 is 4.79 Å². The van der Waals surface area contributed by atoms with E-state index in [1.165, 1.54) is 0 Å². The first kappa shape index (κ1) is 17.1. The summed E-state index contributed by atoms with van der Waals surface area (Å²) in [5, 5.41) is 3.75. The number of rotatable bonds is 3. The number of hydrogen-bond donors (Lipinski definition) is 0. The van der Waals surface area contributed by atoms with Crippen LogP contribution >= 0.6 is 22.9 Å². The van der Waals surface area contributed by atoms with Crippen LogP contribution in [0.2, 0.25) is 5.02 Å². The van der Waals surface area contributed by atoms with Crippen LogP contribution < -0.4 is 4.90 Å². The zero-order valence-corrected chi connectivity index (χ0v) is 15.7. The molecule has 132 valence electrons. The van der Waals surface area contributed by atoms with Gasteiger partial charge in [0.2, 0.25) is 0 Å². The molecule has 0 bridgehead atoms. The van der Waals surface area contributed by atoms with Crippen molar-refractivity contribution in [3.8, 4) is 11.3 Å². The lowest BCUT2D eigenvalue weighted by Gasteiger charge is -2.34. The van der Waals surface area contributed by atoms with Gasteiger partial charge in [-0.2, -0.15) is 0 Å². The van der Waals surface area contributed by atoms with Crippen molar-refractivity contribution in [2.75, 3.05) is 31.1 Å². The SMILES string of the molecule is O=C(c1ccc(Cl)cc1)N1CCN(c2nc(-c3ccccc3)cs2)CC1. The Morgan fingerprint density at radius 2 is 1.65 bits per heavy atom. The first-order valence-electron chi connectivity index (χ1n) is 8.51. The van der Waals surface area contributed by atoms with E-state index >= 15 is 0 Å². The van der Waals surface area contributed by atoms with Crippen LogP contribution in [-0.4, -0.2) is 42.0 Å². The molecule has 1 aliphatic heterocycles. The molecular formula is C20H18ClN3OS. The number of anilines is 1. The van der Waals surface area contributed by atoms with Gasteiger partial charge < -0.3 is 9.80 Å². The van der Waals surface area contributed by atoms with E-state index in [0.29, 0.717) is 23.7 Å². The summed E-state index contributed by atoms with van der Waals surface area (Å²) in [6.45, 7) is 2.98. The first-order valence-corrected chi connectivity index (χ1v) is 9.77. The lowest BCUT2D eigenvalue weighted by Crippen LogP contribution is -2.48. The molecule has 0 radical (unpaired) electrons. The number of carbonyl (C=O) groups excluding carboxylic acids is 1. The van der Waals surface area contributed by atoms with Crippen molar-refractivity contribution in [1.29, 1.82) is 0 Å². The summed E-state index contributed by atoms with van der Waals surface area (Å²) in [7, 11) is 0. The summed E-state index contributed by atoms with van der Waals surface area (Å²) in [4.78, 5) is 21.5. The van der Waals surface area contributed by atoms with E-state index in [0.717, 1.165) is 29.5 Å². The van der Waals surface area contributed by atoms with Gasteiger partial charge in [0, 0.05) is 47.7 Å². The molecule has 0 atom stereocenters. The number of amides is 1. The third kappa shape index (κ3) is 3.59. The van der Waals surface area contributed by atoms with Gasteiger partial charge in [0.25, 0.3) is 5.91 Å². The standard InChI is InChI=1S/C20H18ClN3OS/c21-17-8-6-16(7-9-17)19(25)23-10-12-24(13-11-23)20-22-18(14-26-20)15-4-2-1-3-5-15/h1-9,14H,10-13H2. The Morgan fingerprint density at radius 3 is 2.35 bits per heavy atom. The van der Waals surface area contributed by atoms with Crippen LogP contribution in [-0.2, 0) is 0 Å². The summed E-state index contributed by atoms with van der Waals surface area (Å²) < 4.78 is 0. The molecule has 2 heterocycles. The van der Waals surface area contributed by atoms with E-state index < -0.39 is 0 Å². The summed E-state index contributed by atoms with van der Waals surface area (Å²) in [5.41, 5.74) is 2.82. The lowest BCUT2D eigenvalue weighted by atomic mass is 10.2. The minimum absolute atomic E-state index is 0.0606. The number of carbonyl (C=O) groups is 1. The maximum absolute atomic E-state index is 12.6. The van der Waals surface area contributed by atoms with E-state index in [-0.39, 0.29) is 5.91 Å². The molecule has 1 saturated heterocycles. The molecule has 6 heteroatoms. The molecule has 0 saturated carbocycles. The Morgan fingerprint density at radius 1 is 0.962 bits per heavy atom. The van der Waals surface area contributed by atoms with Gasteiger partial charge in [0.05, 0.1) is 5.69 Å². The van der Waals surface area contributed by atoms with Crippen molar-refractivity contribution in [2.24, 2.45) is 0 Å². The third-order valence-corrected chi connectivity index (χ3v) is 5.64. The Balaban J connectivity index is 1.40. The molecule has 26 heavy (non-hydrogen) atoms. The largest absolute Gasteiger partial charge is 0.345 e. The fourth-order valence-electron chi connectivity index (χ4n) is 3.03. The molecule has 0 aliphatic carbocycles.